The Morgan fingerprint density at radius 3 is 2.49 bits per heavy atom. The third-order valence-electron chi connectivity index (χ3n) is 6.50. The van der Waals surface area contributed by atoms with Crippen molar-refractivity contribution < 1.29 is 27.9 Å². The monoisotopic (exact) mass is 545 g/mol. The van der Waals surface area contributed by atoms with Crippen molar-refractivity contribution in [2.75, 3.05) is 5.75 Å². The first-order valence-corrected chi connectivity index (χ1v) is 13.3. The number of aryl methyl sites for hydroxylation is 1. The maximum absolute atomic E-state index is 13.4. The van der Waals surface area contributed by atoms with E-state index in [1.807, 2.05) is 36.4 Å². The van der Waals surface area contributed by atoms with Crippen molar-refractivity contribution >= 4 is 45.6 Å². The summed E-state index contributed by atoms with van der Waals surface area (Å²) in [5.41, 5.74) is 3.37. The summed E-state index contributed by atoms with van der Waals surface area (Å²) in [6.07, 6.45) is 1.23. The Kier molecular flexibility index (Phi) is 7.51. The summed E-state index contributed by atoms with van der Waals surface area (Å²) in [7, 11) is 0. The van der Waals surface area contributed by atoms with Crippen LogP contribution in [0, 0.1) is 12.7 Å². The Labute approximate surface area is 226 Å². The van der Waals surface area contributed by atoms with Crippen molar-refractivity contribution in [3.05, 3.63) is 106 Å². The van der Waals surface area contributed by atoms with Gasteiger partial charge in [0.2, 0.25) is 5.91 Å². The van der Waals surface area contributed by atoms with Crippen LogP contribution in [0.1, 0.15) is 16.7 Å². The van der Waals surface area contributed by atoms with Gasteiger partial charge in [-0.05, 0) is 41.8 Å². The van der Waals surface area contributed by atoms with E-state index in [2.05, 4.69) is 5.32 Å². The lowest BCUT2D eigenvalue weighted by molar-refractivity contribution is -0.141. The molecule has 2 N–H and O–H groups in total. The fraction of sp³-hybridized carbons (Fsp3) is 0.167. The average Bonchev–Trinajstić information content (AvgIpc) is 3.33. The number of hydrogen-bond acceptors (Lipinski definition) is 6. The largest absolute Gasteiger partial charge is 0.480 e. The van der Waals surface area contributed by atoms with Crippen LogP contribution in [0.5, 0.6) is 0 Å². The molecule has 7 nitrogen and oxygen atoms in total. The van der Waals surface area contributed by atoms with Gasteiger partial charge in [-0.15, -0.1) is 0 Å². The molecule has 1 atom stereocenters. The summed E-state index contributed by atoms with van der Waals surface area (Å²) in [6.45, 7) is 1.72. The van der Waals surface area contributed by atoms with Crippen molar-refractivity contribution in [1.82, 2.24) is 5.32 Å². The molecule has 0 spiro atoms. The summed E-state index contributed by atoms with van der Waals surface area (Å²) in [4.78, 5) is 37.4. The zero-order valence-corrected chi connectivity index (χ0v) is 21.7. The Morgan fingerprint density at radius 1 is 1.03 bits per heavy atom. The van der Waals surface area contributed by atoms with E-state index in [1.165, 1.54) is 23.9 Å². The zero-order chi connectivity index (χ0) is 27.5. The van der Waals surface area contributed by atoms with E-state index in [0.29, 0.717) is 27.9 Å². The van der Waals surface area contributed by atoms with E-state index in [-0.39, 0.29) is 23.6 Å². The number of amides is 1. The topological polar surface area (TPSA) is 110 Å². The van der Waals surface area contributed by atoms with Gasteiger partial charge >= 0.3 is 11.6 Å². The van der Waals surface area contributed by atoms with Crippen molar-refractivity contribution in [3.63, 3.8) is 0 Å². The highest BCUT2D eigenvalue weighted by atomic mass is 32.2. The molecule has 0 bridgehead atoms. The summed E-state index contributed by atoms with van der Waals surface area (Å²) in [5, 5.41) is 13.5. The quantitative estimate of drug-likeness (QED) is 0.229. The second-order valence-corrected chi connectivity index (χ2v) is 10.2. The molecular weight excluding hydrogens is 521 g/mol. The maximum Gasteiger partial charge on any atom is 0.340 e. The third kappa shape index (κ3) is 5.73. The number of benzene rings is 3. The lowest BCUT2D eigenvalue weighted by Crippen LogP contribution is -2.43. The molecule has 0 saturated carbocycles. The number of halogens is 1. The molecule has 9 heteroatoms. The molecule has 0 aliphatic rings. The molecule has 1 unspecified atom stereocenters. The van der Waals surface area contributed by atoms with E-state index >= 15 is 0 Å². The van der Waals surface area contributed by atoms with Crippen LogP contribution in [0.25, 0.3) is 33.1 Å². The molecule has 2 aromatic heterocycles. The fourth-order valence-corrected chi connectivity index (χ4v) is 5.42. The first-order chi connectivity index (χ1) is 18.8. The number of carboxylic acids is 1. The number of hydrogen-bond donors (Lipinski definition) is 2. The van der Waals surface area contributed by atoms with Gasteiger partial charge < -0.3 is 19.3 Å². The van der Waals surface area contributed by atoms with Crippen LogP contribution in [0.3, 0.4) is 0 Å². The summed E-state index contributed by atoms with van der Waals surface area (Å²) >= 11 is 1.40. The van der Waals surface area contributed by atoms with Gasteiger partial charge in [0.1, 0.15) is 23.0 Å². The molecular formula is C30H24FNO6S. The van der Waals surface area contributed by atoms with Crippen LogP contribution in [0.15, 0.2) is 86.6 Å². The van der Waals surface area contributed by atoms with Crippen LogP contribution >= 0.6 is 11.8 Å². The van der Waals surface area contributed by atoms with Gasteiger partial charge in [-0.3, -0.25) is 4.79 Å². The van der Waals surface area contributed by atoms with Crippen molar-refractivity contribution in [3.8, 4) is 11.1 Å². The first-order valence-electron chi connectivity index (χ1n) is 12.2. The predicted molar refractivity (Wildman–Crippen MR) is 148 cm³/mol. The van der Waals surface area contributed by atoms with Gasteiger partial charge in [0.15, 0.2) is 0 Å². The summed E-state index contributed by atoms with van der Waals surface area (Å²) in [6, 6.07) is 17.9. The molecule has 5 rings (SSSR count). The van der Waals surface area contributed by atoms with Crippen LogP contribution in [0.2, 0.25) is 0 Å². The zero-order valence-electron chi connectivity index (χ0n) is 20.9. The number of carbonyl (C=O) groups excluding carboxylic acids is 1. The number of rotatable bonds is 9. The molecule has 0 aliphatic heterocycles. The maximum atomic E-state index is 13.4. The second-order valence-electron chi connectivity index (χ2n) is 9.13. The highest BCUT2D eigenvalue weighted by Crippen LogP contribution is 2.34. The second kappa shape index (κ2) is 11.2. The van der Waals surface area contributed by atoms with E-state index in [9.17, 15) is 23.9 Å². The van der Waals surface area contributed by atoms with Crippen molar-refractivity contribution in [2.24, 2.45) is 0 Å². The Hall–Kier alpha value is -4.37. The number of fused-ring (bicyclic) bond motifs is 2. The fourth-order valence-electron chi connectivity index (χ4n) is 4.42. The van der Waals surface area contributed by atoms with Crippen molar-refractivity contribution in [2.45, 2.75) is 25.1 Å². The van der Waals surface area contributed by atoms with Gasteiger partial charge in [0, 0.05) is 33.9 Å². The highest BCUT2D eigenvalue weighted by molar-refractivity contribution is 7.98. The molecule has 198 valence electrons. The van der Waals surface area contributed by atoms with Crippen LogP contribution < -0.4 is 10.9 Å². The molecule has 5 aromatic rings. The SMILES string of the molecule is Cc1c(CC(=O)NC(CSCc2ccccc2)C(=O)O)c(=O)oc2cc3occ(-c4ccc(F)cc4)c3cc12. The Bertz CT molecular complexity index is 1730. The smallest absolute Gasteiger partial charge is 0.340 e. The van der Waals surface area contributed by atoms with Crippen molar-refractivity contribution in [1.29, 1.82) is 0 Å². The Morgan fingerprint density at radius 2 is 1.77 bits per heavy atom. The van der Waals surface area contributed by atoms with Crippen LogP contribution in [-0.4, -0.2) is 28.8 Å². The number of aliphatic carboxylic acids is 1. The number of thioether (sulfide) groups is 1. The van der Waals surface area contributed by atoms with E-state index < -0.39 is 23.5 Å². The lowest BCUT2D eigenvalue weighted by atomic mass is 9.99. The minimum atomic E-state index is -1.15. The highest BCUT2D eigenvalue weighted by Gasteiger charge is 2.23. The van der Waals surface area contributed by atoms with Crippen LogP contribution in [-0.2, 0) is 21.8 Å². The molecule has 2 heterocycles. The number of furan rings is 1. The Balaban J connectivity index is 1.37. The molecule has 0 aliphatic carbocycles. The number of nitrogens with one attached hydrogen (secondary N) is 1. The number of carbonyl (C=O) groups is 2. The average molecular weight is 546 g/mol. The van der Waals surface area contributed by atoms with Gasteiger partial charge in [0.05, 0.1) is 18.2 Å². The van der Waals surface area contributed by atoms with E-state index in [1.54, 1.807) is 31.4 Å². The molecule has 39 heavy (non-hydrogen) atoms. The minimum Gasteiger partial charge on any atom is -0.480 e. The lowest BCUT2D eigenvalue weighted by Gasteiger charge is -2.15. The molecule has 0 saturated heterocycles. The normalized spacial score (nSPS) is 12.1. The predicted octanol–water partition coefficient (Wildman–Crippen LogP) is 5.70. The molecule has 1 amide bonds. The number of carboxylic acid groups (broad SMARTS) is 1. The molecule has 0 fully saturated rings. The van der Waals surface area contributed by atoms with Crippen LogP contribution in [0.4, 0.5) is 4.39 Å². The van der Waals surface area contributed by atoms with Gasteiger partial charge in [0.25, 0.3) is 0 Å². The van der Waals surface area contributed by atoms with E-state index in [4.69, 9.17) is 8.83 Å². The van der Waals surface area contributed by atoms with E-state index in [0.717, 1.165) is 22.1 Å². The third-order valence-corrected chi connectivity index (χ3v) is 7.61. The molecule has 3 aromatic carbocycles. The summed E-state index contributed by atoms with van der Waals surface area (Å²) in [5.74, 6) is -1.31. The van der Waals surface area contributed by atoms with Gasteiger partial charge in [-0.25, -0.2) is 14.0 Å². The standard InChI is InChI=1S/C30H24FNO6S/c1-17-21-11-23-24(19-7-9-20(31)10-8-19)14-37-26(23)13-27(21)38-30(36)22(17)12-28(33)32-25(29(34)35)16-39-15-18-5-3-2-4-6-18/h2-11,13-14,25H,12,15-16H2,1H3,(H,32,33)(H,34,35). The summed E-state index contributed by atoms with van der Waals surface area (Å²) < 4.78 is 24.6. The van der Waals surface area contributed by atoms with Gasteiger partial charge in [-0.1, -0.05) is 42.5 Å². The van der Waals surface area contributed by atoms with Gasteiger partial charge in [-0.2, -0.15) is 11.8 Å². The minimum absolute atomic E-state index is 0.146. The first kappa shape index (κ1) is 26.2. The molecule has 0 radical (unpaired) electrons.